The van der Waals surface area contributed by atoms with Gasteiger partial charge < -0.3 is 19.9 Å². The van der Waals surface area contributed by atoms with Gasteiger partial charge in [-0.15, -0.1) is 0 Å². The number of benzene rings is 1. The lowest BCUT2D eigenvalue weighted by atomic mass is 9.89. The van der Waals surface area contributed by atoms with Crippen molar-refractivity contribution in [2.75, 3.05) is 19.6 Å². The summed E-state index contributed by atoms with van der Waals surface area (Å²) < 4.78 is 5.08. The normalized spacial score (nSPS) is 19.7. The van der Waals surface area contributed by atoms with Crippen LogP contribution in [0.4, 0.5) is 0 Å². The second kappa shape index (κ2) is 8.05. The molecule has 2 heterocycles. The smallest absolute Gasteiger partial charge is 0.371 e. The van der Waals surface area contributed by atoms with E-state index >= 15 is 0 Å². The van der Waals surface area contributed by atoms with Crippen LogP contribution >= 0.6 is 0 Å². The first kappa shape index (κ1) is 18.7. The second-order valence-corrected chi connectivity index (χ2v) is 6.50. The minimum absolute atomic E-state index is 0.0691. The molecule has 8 heteroatoms. The van der Waals surface area contributed by atoms with Crippen LogP contribution in [0.3, 0.4) is 0 Å². The van der Waals surface area contributed by atoms with Gasteiger partial charge in [-0.25, -0.2) is 4.79 Å². The average Bonchev–Trinajstić information content (AvgIpc) is 3.28. The summed E-state index contributed by atoms with van der Waals surface area (Å²) in [6.45, 7) is 0.925. The maximum Gasteiger partial charge on any atom is 0.371 e. The summed E-state index contributed by atoms with van der Waals surface area (Å²) in [5.41, 5.74) is 0.949. The summed E-state index contributed by atoms with van der Waals surface area (Å²) in [4.78, 5) is 36.4. The van der Waals surface area contributed by atoms with Gasteiger partial charge in [-0.3, -0.25) is 14.5 Å². The van der Waals surface area contributed by atoms with Crippen LogP contribution in [0.1, 0.15) is 27.8 Å². The van der Waals surface area contributed by atoms with Crippen LogP contribution in [0.2, 0.25) is 0 Å². The first-order valence-corrected chi connectivity index (χ1v) is 8.53. The molecule has 3 N–H and O–H groups in total. The molecule has 0 bridgehead atoms. The molecule has 0 unspecified atom stereocenters. The predicted molar refractivity (Wildman–Crippen MR) is 94.3 cm³/mol. The van der Waals surface area contributed by atoms with Gasteiger partial charge in [0.15, 0.2) is 0 Å². The number of rotatable bonds is 7. The molecule has 1 aliphatic heterocycles. The molecule has 2 atom stereocenters. The highest BCUT2D eigenvalue weighted by Gasteiger charge is 2.38. The van der Waals surface area contributed by atoms with Crippen molar-refractivity contribution in [3.63, 3.8) is 0 Å². The van der Waals surface area contributed by atoms with Crippen LogP contribution in [-0.2, 0) is 16.1 Å². The number of nitrogens with zero attached hydrogens (tertiary/aromatic N) is 1. The Hall–Kier alpha value is -3.13. The number of furan rings is 1. The summed E-state index contributed by atoms with van der Waals surface area (Å²) in [5.74, 6) is -2.90. The van der Waals surface area contributed by atoms with Gasteiger partial charge in [0.25, 0.3) is 0 Å². The number of hydrogen-bond donors (Lipinski definition) is 3. The number of carbonyl (C=O) groups is 3. The van der Waals surface area contributed by atoms with Crippen LogP contribution in [-0.4, -0.2) is 52.6 Å². The minimum Gasteiger partial charge on any atom is -0.481 e. The zero-order valence-electron chi connectivity index (χ0n) is 14.5. The Morgan fingerprint density at radius 1 is 1.07 bits per heavy atom. The molecule has 27 heavy (non-hydrogen) atoms. The van der Waals surface area contributed by atoms with Crippen molar-refractivity contribution in [1.82, 2.24) is 10.2 Å². The molecule has 2 aromatic rings. The van der Waals surface area contributed by atoms with Crippen molar-refractivity contribution < 1.29 is 29.0 Å². The highest BCUT2D eigenvalue weighted by Crippen LogP contribution is 2.32. The number of likely N-dealkylation sites (tertiary alicyclic amines) is 1. The van der Waals surface area contributed by atoms with E-state index in [4.69, 9.17) is 9.52 Å². The van der Waals surface area contributed by atoms with Crippen LogP contribution in [0.15, 0.2) is 46.9 Å². The average molecular weight is 372 g/mol. The summed E-state index contributed by atoms with van der Waals surface area (Å²) in [7, 11) is 0. The van der Waals surface area contributed by atoms with Gasteiger partial charge in [-0.1, -0.05) is 30.3 Å². The summed E-state index contributed by atoms with van der Waals surface area (Å²) >= 11 is 0. The van der Waals surface area contributed by atoms with Gasteiger partial charge in [0.1, 0.15) is 5.76 Å². The van der Waals surface area contributed by atoms with Crippen molar-refractivity contribution in [2.24, 2.45) is 5.92 Å². The summed E-state index contributed by atoms with van der Waals surface area (Å²) in [6.07, 6.45) is 0. The molecule has 1 aromatic carbocycles. The highest BCUT2D eigenvalue weighted by atomic mass is 16.4. The number of carbonyl (C=O) groups excluding carboxylic acids is 1. The van der Waals surface area contributed by atoms with E-state index in [1.807, 2.05) is 35.2 Å². The quantitative estimate of drug-likeness (QED) is 0.672. The van der Waals surface area contributed by atoms with E-state index in [1.165, 1.54) is 12.1 Å². The molecular formula is C19H20N2O6. The van der Waals surface area contributed by atoms with E-state index in [0.29, 0.717) is 18.8 Å². The molecule has 0 radical (unpaired) electrons. The SMILES string of the molecule is O=C(CN1C[C@H](C(=O)O)[C@@H](c2ccccc2)C1)NCc1ccc(C(=O)O)o1. The first-order valence-electron chi connectivity index (χ1n) is 8.53. The molecular weight excluding hydrogens is 352 g/mol. The van der Waals surface area contributed by atoms with Gasteiger partial charge in [0.2, 0.25) is 11.7 Å². The monoisotopic (exact) mass is 372 g/mol. The predicted octanol–water partition coefficient (Wildman–Crippen LogP) is 1.39. The molecule has 0 saturated carbocycles. The zero-order chi connectivity index (χ0) is 19.4. The van der Waals surface area contributed by atoms with E-state index in [1.54, 1.807) is 0 Å². The Kier molecular flexibility index (Phi) is 5.56. The van der Waals surface area contributed by atoms with E-state index in [9.17, 15) is 19.5 Å². The van der Waals surface area contributed by atoms with Crippen LogP contribution in [0.25, 0.3) is 0 Å². The third-order valence-corrected chi connectivity index (χ3v) is 4.64. The third kappa shape index (κ3) is 4.53. The van der Waals surface area contributed by atoms with E-state index in [2.05, 4.69) is 5.32 Å². The minimum atomic E-state index is -1.17. The fourth-order valence-corrected chi connectivity index (χ4v) is 3.34. The van der Waals surface area contributed by atoms with Crippen LogP contribution < -0.4 is 5.32 Å². The number of amides is 1. The summed E-state index contributed by atoms with van der Waals surface area (Å²) in [6, 6.07) is 12.3. The summed E-state index contributed by atoms with van der Waals surface area (Å²) in [5, 5.41) is 21.0. The van der Waals surface area contributed by atoms with E-state index in [-0.39, 0.29) is 30.7 Å². The Morgan fingerprint density at radius 2 is 1.81 bits per heavy atom. The fraction of sp³-hybridized carbons (Fsp3) is 0.316. The largest absolute Gasteiger partial charge is 0.481 e. The molecule has 8 nitrogen and oxygen atoms in total. The lowest BCUT2D eigenvalue weighted by Crippen LogP contribution is -2.36. The number of aromatic carboxylic acids is 1. The molecule has 1 fully saturated rings. The number of hydrogen-bond acceptors (Lipinski definition) is 5. The van der Waals surface area contributed by atoms with Crippen molar-refractivity contribution in [3.8, 4) is 0 Å². The molecule has 1 aliphatic rings. The Morgan fingerprint density at radius 3 is 2.44 bits per heavy atom. The van der Waals surface area contributed by atoms with E-state index in [0.717, 1.165) is 5.56 Å². The standard InChI is InChI=1S/C19H20N2O6/c22-17(20-8-13-6-7-16(27-13)19(25)26)11-21-9-14(15(10-21)18(23)24)12-4-2-1-3-5-12/h1-7,14-15H,8-11H2,(H,20,22)(H,23,24)(H,25,26)/t14-,15+/m1/s1. The Labute approximate surface area is 155 Å². The molecule has 1 amide bonds. The first-order chi connectivity index (χ1) is 12.9. The highest BCUT2D eigenvalue weighted by molar-refractivity contribution is 5.84. The number of carboxylic acids is 2. The Balaban J connectivity index is 1.56. The number of carboxylic acid groups (broad SMARTS) is 2. The van der Waals surface area contributed by atoms with Crippen molar-refractivity contribution in [2.45, 2.75) is 12.5 Å². The zero-order valence-corrected chi connectivity index (χ0v) is 14.5. The molecule has 0 spiro atoms. The van der Waals surface area contributed by atoms with Gasteiger partial charge in [-0.2, -0.15) is 0 Å². The second-order valence-electron chi connectivity index (χ2n) is 6.50. The molecule has 3 rings (SSSR count). The van der Waals surface area contributed by atoms with Crippen LogP contribution in [0, 0.1) is 5.92 Å². The topological polar surface area (TPSA) is 120 Å². The molecule has 1 aromatic heterocycles. The van der Waals surface area contributed by atoms with Gasteiger partial charge in [0, 0.05) is 19.0 Å². The molecule has 1 saturated heterocycles. The van der Waals surface area contributed by atoms with Crippen molar-refractivity contribution in [1.29, 1.82) is 0 Å². The number of aliphatic carboxylic acids is 1. The van der Waals surface area contributed by atoms with Crippen LogP contribution in [0.5, 0.6) is 0 Å². The molecule has 0 aliphatic carbocycles. The fourth-order valence-electron chi connectivity index (χ4n) is 3.34. The van der Waals surface area contributed by atoms with Gasteiger partial charge in [-0.05, 0) is 17.7 Å². The maximum atomic E-state index is 12.2. The van der Waals surface area contributed by atoms with Crippen molar-refractivity contribution >= 4 is 17.8 Å². The van der Waals surface area contributed by atoms with Gasteiger partial charge in [0.05, 0.1) is 19.0 Å². The molecule has 142 valence electrons. The van der Waals surface area contributed by atoms with E-state index < -0.39 is 17.9 Å². The Bertz CT molecular complexity index is 832. The maximum absolute atomic E-state index is 12.2. The third-order valence-electron chi connectivity index (χ3n) is 4.64. The van der Waals surface area contributed by atoms with Gasteiger partial charge >= 0.3 is 11.9 Å². The lowest BCUT2D eigenvalue weighted by molar-refractivity contribution is -0.141. The lowest BCUT2D eigenvalue weighted by Gasteiger charge is -2.15. The van der Waals surface area contributed by atoms with Crippen molar-refractivity contribution in [3.05, 3.63) is 59.5 Å². The number of nitrogens with one attached hydrogen (secondary N) is 1.